The molecule has 2 nitrogen and oxygen atoms in total. The fourth-order valence-electron chi connectivity index (χ4n) is 1.03. The van der Waals surface area contributed by atoms with E-state index < -0.39 is 0 Å². The third-order valence-corrected chi connectivity index (χ3v) is 2.28. The Balaban J connectivity index is 2.77. The summed E-state index contributed by atoms with van der Waals surface area (Å²) in [5.74, 6) is 5.42. The van der Waals surface area contributed by atoms with Crippen LogP contribution in [0.15, 0.2) is 28.5 Å². The Morgan fingerprint density at radius 2 is 2.42 bits per heavy atom. The number of allylic oxidation sites excluding steroid dienone is 1. The molecule has 0 bridgehead atoms. The molecule has 0 radical (unpaired) electrons. The van der Waals surface area contributed by atoms with E-state index >= 15 is 0 Å². The van der Waals surface area contributed by atoms with E-state index in [-0.39, 0.29) is 6.04 Å². The van der Waals surface area contributed by atoms with Crippen LogP contribution >= 0.6 is 11.3 Å². The van der Waals surface area contributed by atoms with E-state index in [1.165, 1.54) is 11.1 Å². The second-order valence-electron chi connectivity index (χ2n) is 2.95. The highest BCUT2D eigenvalue weighted by atomic mass is 32.1. The number of nitrogens with two attached hydrogens (primary N) is 1. The minimum absolute atomic E-state index is 0.154. The van der Waals surface area contributed by atoms with E-state index in [2.05, 4.69) is 42.2 Å². The molecule has 0 aliphatic heterocycles. The fourth-order valence-corrected chi connectivity index (χ4v) is 1.72. The Morgan fingerprint density at radius 1 is 1.67 bits per heavy atom. The molecule has 3 heteroatoms. The third kappa shape index (κ3) is 2.44. The van der Waals surface area contributed by atoms with Crippen LogP contribution in [0.1, 0.15) is 25.5 Å². The van der Waals surface area contributed by atoms with Crippen LogP contribution in [0, 0.1) is 0 Å². The molecule has 0 saturated carbocycles. The van der Waals surface area contributed by atoms with Crippen molar-refractivity contribution in [1.82, 2.24) is 5.43 Å². The van der Waals surface area contributed by atoms with Crippen molar-refractivity contribution in [2.24, 2.45) is 5.84 Å². The van der Waals surface area contributed by atoms with Crippen LogP contribution in [-0.4, -0.2) is 0 Å². The molecule has 1 aromatic heterocycles. The predicted octanol–water partition coefficient (Wildman–Crippen LogP) is 2.22. The fraction of sp³-hybridized carbons (Fsp3) is 0.333. The lowest BCUT2D eigenvalue weighted by Gasteiger charge is -2.09. The van der Waals surface area contributed by atoms with E-state index in [0.29, 0.717) is 0 Å². The third-order valence-electron chi connectivity index (χ3n) is 1.58. The van der Waals surface area contributed by atoms with Crippen molar-refractivity contribution in [1.29, 1.82) is 0 Å². The van der Waals surface area contributed by atoms with Crippen LogP contribution in [-0.2, 0) is 0 Å². The van der Waals surface area contributed by atoms with Gasteiger partial charge in [0.15, 0.2) is 0 Å². The van der Waals surface area contributed by atoms with Gasteiger partial charge in [-0.2, -0.15) is 11.3 Å². The molecule has 1 heterocycles. The molecular weight excluding hydrogens is 168 g/mol. The average molecular weight is 182 g/mol. The predicted molar refractivity (Wildman–Crippen MR) is 53.8 cm³/mol. The first-order valence-corrected chi connectivity index (χ1v) is 4.81. The lowest BCUT2D eigenvalue weighted by molar-refractivity contribution is 0.654. The van der Waals surface area contributed by atoms with Crippen molar-refractivity contribution in [3.05, 3.63) is 34.0 Å². The molecule has 12 heavy (non-hydrogen) atoms. The molecule has 1 rings (SSSR count). The zero-order chi connectivity index (χ0) is 8.97. The van der Waals surface area contributed by atoms with Crippen molar-refractivity contribution < 1.29 is 0 Å². The minimum atomic E-state index is 0.154. The standard InChI is InChI=1S/C9H14N2S/c1-7(2)5-9(11-10)8-3-4-12-6-8/h3-6,9,11H,10H2,1-2H3. The van der Waals surface area contributed by atoms with Gasteiger partial charge in [0, 0.05) is 0 Å². The SMILES string of the molecule is CC(C)=CC(NN)c1ccsc1. The van der Waals surface area contributed by atoms with E-state index in [9.17, 15) is 0 Å². The lowest BCUT2D eigenvalue weighted by Crippen LogP contribution is -2.26. The summed E-state index contributed by atoms with van der Waals surface area (Å²) >= 11 is 1.69. The van der Waals surface area contributed by atoms with Gasteiger partial charge < -0.3 is 0 Å². The van der Waals surface area contributed by atoms with E-state index in [4.69, 9.17) is 5.84 Å². The number of hydrogen-bond donors (Lipinski definition) is 2. The summed E-state index contributed by atoms with van der Waals surface area (Å²) in [4.78, 5) is 0. The Kier molecular flexibility index (Phi) is 3.47. The number of hydrogen-bond acceptors (Lipinski definition) is 3. The van der Waals surface area contributed by atoms with E-state index in [1.807, 2.05) is 0 Å². The van der Waals surface area contributed by atoms with Gasteiger partial charge in [0.25, 0.3) is 0 Å². The highest BCUT2D eigenvalue weighted by molar-refractivity contribution is 7.07. The maximum atomic E-state index is 5.42. The Bertz CT molecular complexity index is 248. The largest absolute Gasteiger partial charge is 0.271 e. The van der Waals surface area contributed by atoms with Gasteiger partial charge in [-0.15, -0.1) is 0 Å². The zero-order valence-electron chi connectivity index (χ0n) is 7.37. The summed E-state index contributed by atoms with van der Waals surface area (Å²) in [5, 5.41) is 4.16. The van der Waals surface area contributed by atoms with Gasteiger partial charge in [0.05, 0.1) is 6.04 Å². The summed E-state index contributed by atoms with van der Waals surface area (Å²) < 4.78 is 0. The highest BCUT2D eigenvalue weighted by Gasteiger charge is 2.05. The van der Waals surface area contributed by atoms with Gasteiger partial charge in [-0.3, -0.25) is 5.84 Å². The van der Waals surface area contributed by atoms with Crippen LogP contribution in [0.4, 0.5) is 0 Å². The number of nitrogens with one attached hydrogen (secondary N) is 1. The molecule has 0 amide bonds. The smallest absolute Gasteiger partial charge is 0.0651 e. The normalized spacial score (nSPS) is 12.6. The van der Waals surface area contributed by atoms with Crippen LogP contribution in [0.3, 0.4) is 0 Å². The highest BCUT2D eigenvalue weighted by Crippen LogP contribution is 2.17. The molecule has 1 unspecified atom stereocenters. The molecule has 1 aromatic rings. The van der Waals surface area contributed by atoms with Crippen molar-refractivity contribution in [2.45, 2.75) is 19.9 Å². The quantitative estimate of drug-likeness (QED) is 0.427. The summed E-state index contributed by atoms with van der Waals surface area (Å²) in [6.07, 6.45) is 2.11. The number of rotatable bonds is 3. The second kappa shape index (κ2) is 4.40. The summed E-state index contributed by atoms with van der Waals surface area (Å²) in [5.41, 5.74) is 5.26. The molecule has 0 aliphatic rings. The first-order valence-electron chi connectivity index (χ1n) is 3.87. The zero-order valence-corrected chi connectivity index (χ0v) is 8.19. The molecule has 0 spiro atoms. The van der Waals surface area contributed by atoms with Crippen LogP contribution in [0.5, 0.6) is 0 Å². The maximum Gasteiger partial charge on any atom is 0.0651 e. The summed E-state index contributed by atoms with van der Waals surface area (Å²) in [6, 6.07) is 2.23. The number of hydrazine groups is 1. The lowest BCUT2D eigenvalue weighted by atomic mass is 10.1. The summed E-state index contributed by atoms with van der Waals surface area (Å²) in [6.45, 7) is 4.13. The molecule has 0 aliphatic carbocycles. The second-order valence-corrected chi connectivity index (χ2v) is 3.73. The monoisotopic (exact) mass is 182 g/mol. The van der Waals surface area contributed by atoms with Crippen LogP contribution in [0.25, 0.3) is 0 Å². The Morgan fingerprint density at radius 3 is 2.83 bits per heavy atom. The van der Waals surface area contributed by atoms with E-state index in [0.717, 1.165) is 0 Å². The van der Waals surface area contributed by atoms with Gasteiger partial charge in [0.2, 0.25) is 0 Å². The Labute approximate surface area is 77.1 Å². The van der Waals surface area contributed by atoms with E-state index in [1.54, 1.807) is 11.3 Å². The van der Waals surface area contributed by atoms with Crippen molar-refractivity contribution in [3.8, 4) is 0 Å². The van der Waals surface area contributed by atoms with Crippen LogP contribution in [0.2, 0.25) is 0 Å². The van der Waals surface area contributed by atoms with Gasteiger partial charge in [-0.05, 0) is 36.2 Å². The van der Waals surface area contributed by atoms with Crippen molar-refractivity contribution >= 4 is 11.3 Å². The van der Waals surface area contributed by atoms with Gasteiger partial charge >= 0.3 is 0 Å². The van der Waals surface area contributed by atoms with Gasteiger partial charge in [-0.1, -0.05) is 11.6 Å². The molecule has 3 N–H and O–H groups in total. The maximum absolute atomic E-state index is 5.42. The Hall–Kier alpha value is -0.640. The molecule has 66 valence electrons. The first kappa shape index (κ1) is 9.45. The molecule has 0 saturated heterocycles. The summed E-state index contributed by atoms with van der Waals surface area (Å²) in [7, 11) is 0. The van der Waals surface area contributed by atoms with Crippen molar-refractivity contribution in [3.63, 3.8) is 0 Å². The van der Waals surface area contributed by atoms with Gasteiger partial charge in [-0.25, -0.2) is 5.43 Å². The molecule has 0 aromatic carbocycles. The first-order chi connectivity index (χ1) is 5.74. The topological polar surface area (TPSA) is 38.0 Å². The molecule has 1 atom stereocenters. The van der Waals surface area contributed by atoms with Crippen molar-refractivity contribution in [2.75, 3.05) is 0 Å². The number of thiophene rings is 1. The minimum Gasteiger partial charge on any atom is -0.271 e. The molecular formula is C9H14N2S. The van der Waals surface area contributed by atoms with Gasteiger partial charge in [0.1, 0.15) is 0 Å². The average Bonchev–Trinajstić information content (AvgIpc) is 2.51. The van der Waals surface area contributed by atoms with Crippen LogP contribution < -0.4 is 11.3 Å². The molecule has 0 fully saturated rings.